The number of pyridine rings is 1. The van der Waals surface area contributed by atoms with Gasteiger partial charge in [0.15, 0.2) is 6.20 Å². The molecule has 1 aromatic heterocycles. The van der Waals surface area contributed by atoms with Crippen molar-refractivity contribution in [2.24, 2.45) is 7.05 Å². The van der Waals surface area contributed by atoms with Crippen molar-refractivity contribution < 1.29 is 9.30 Å². The minimum atomic E-state index is 0.0669. The van der Waals surface area contributed by atoms with Crippen LogP contribution in [0.25, 0.3) is 32.8 Å². The fraction of sp³-hybridized carbons (Fsp3) is 0.296. The number of aromatic nitrogens is 1. The maximum Gasteiger partial charge on any atom is 0.228 e. The van der Waals surface area contributed by atoms with E-state index in [1.807, 2.05) is 0 Å². The van der Waals surface area contributed by atoms with Gasteiger partial charge in [-0.05, 0) is 71.2 Å². The van der Waals surface area contributed by atoms with Gasteiger partial charge in [0.25, 0.3) is 0 Å². The Labute approximate surface area is 172 Å². The highest BCUT2D eigenvalue weighted by Crippen LogP contribution is 2.51. The molecule has 1 aliphatic heterocycles. The molecule has 0 spiro atoms. The lowest BCUT2D eigenvalue weighted by Crippen LogP contribution is -2.32. The number of benzene rings is 3. The van der Waals surface area contributed by atoms with Crippen LogP contribution >= 0.6 is 0 Å². The Morgan fingerprint density at radius 1 is 0.897 bits per heavy atom. The fourth-order valence-corrected chi connectivity index (χ4v) is 4.89. The van der Waals surface area contributed by atoms with E-state index in [2.05, 4.69) is 95.8 Å². The number of nitrogens with zero attached hydrogens (tertiary/aromatic N) is 1. The highest BCUT2D eigenvalue weighted by Gasteiger charge is 2.33. The molecule has 0 bridgehead atoms. The molecule has 0 saturated carbocycles. The number of hydrogen-bond acceptors (Lipinski definition) is 1. The Bertz CT molecular complexity index is 1340. The van der Waals surface area contributed by atoms with E-state index in [0.29, 0.717) is 0 Å². The van der Waals surface area contributed by atoms with Crippen molar-refractivity contribution in [2.75, 3.05) is 0 Å². The van der Waals surface area contributed by atoms with Gasteiger partial charge in [-0.3, -0.25) is 0 Å². The molecule has 0 amide bonds. The summed E-state index contributed by atoms with van der Waals surface area (Å²) < 4.78 is 8.95. The molecule has 1 aliphatic rings. The summed E-state index contributed by atoms with van der Waals surface area (Å²) in [7, 11) is 2.14. The van der Waals surface area contributed by atoms with Gasteiger partial charge in [0.05, 0.1) is 10.9 Å². The Balaban J connectivity index is 1.98. The second kappa shape index (κ2) is 5.82. The average molecular weight is 383 g/mol. The maximum absolute atomic E-state index is 6.70. The van der Waals surface area contributed by atoms with E-state index < -0.39 is 0 Å². The summed E-state index contributed by atoms with van der Waals surface area (Å²) in [6.07, 6.45) is 2.18. The Hall–Kier alpha value is -2.87. The first-order valence-electron chi connectivity index (χ1n) is 10.4. The van der Waals surface area contributed by atoms with Crippen molar-refractivity contribution in [1.82, 2.24) is 0 Å². The molecule has 0 N–H and O–H groups in total. The van der Waals surface area contributed by atoms with E-state index in [-0.39, 0.29) is 5.41 Å². The average Bonchev–Trinajstić information content (AvgIpc) is 2.67. The largest absolute Gasteiger partial charge is 0.455 e. The van der Waals surface area contributed by atoms with Gasteiger partial charge in [0.2, 0.25) is 5.69 Å². The van der Waals surface area contributed by atoms with Crippen molar-refractivity contribution in [3.63, 3.8) is 0 Å². The van der Waals surface area contributed by atoms with E-state index in [0.717, 1.165) is 11.5 Å². The third-order valence-corrected chi connectivity index (χ3v) is 6.51. The van der Waals surface area contributed by atoms with Crippen LogP contribution in [0.1, 0.15) is 43.0 Å². The van der Waals surface area contributed by atoms with Crippen LogP contribution < -0.4 is 9.30 Å². The lowest BCUT2D eigenvalue weighted by Gasteiger charge is -2.27. The standard InChI is InChI=1S/C27H28NO/c1-15-9-8-10-20-16(2)23-25-24-18(11-12-28(25)7)13-19(27(4,5)6)14-21(24)29-26(23)17(3)22(15)20/h8-14H,1-7H3/q+1. The zero-order valence-corrected chi connectivity index (χ0v) is 18.4. The second-order valence-electron chi connectivity index (χ2n) is 9.52. The van der Waals surface area contributed by atoms with E-state index >= 15 is 0 Å². The van der Waals surface area contributed by atoms with Crippen LogP contribution in [-0.2, 0) is 12.5 Å². The molecule has 4 aromatic rings. The summed E-state index contributed by atoms with van der Waals surface area (Å²) in [6, 6.07) is 13.4. The monoisotopic (exact) mass is 382 g/mol. The molecule has 0 fully saturated rings. The number of ether oxygens (including phenoxy) is 1. The van der Waals surface area contributed by atoms with Crippen molar-refractivity contribution in [3.05, 3.63) is 64.8 Å². The molecule has 3 aromatic carbocycles. The summed E-state index contributed by atoms with van der Waals surface area (Å²) in [6.45, 7) is 13.4. The van der Waals surface area contributed by atoms with E-state index in [9.17, 15) is 0 Å². The van der Waals surface area contributed by atoms with Crippen LogP contribution in [0.5, 0.6) is 11.5 Å². The van der Waals surface area contributed by atoms with E-state index in [4.69, 9.17) is 4.74 Å². The molecule has 29 heavy (non-hydrogen) atoms. The first kappa shape index (κ1) is 18.2. The van der Waals surface area contributed by atoms with Gasteiger partial charge in [-0.25, -0.2) is 4.57 Å². The fourth-order valence-electron chi connectivity index (χ4n) is 4.89. The van der Waals surface area contributed by atoms with Crippen molar-refractivity contribution >= 4 is 21.5 Å². The third kappa shape index (κ3) is 2.45. The minimum absolute atomic E-state index is 0.0669. The quantitative estimate of drug-likeness (QED) is 0.268. The Morgan fingerprint density at radius 2 is 1.66 bits per heavy atom. The van der Waals surface area contributed by atoms with Gasteiger partial charge in [-0.1, -0.05) is 39.0 Å². The van der Waals surface area contributed by atoms with E-state index in [1.165, 1.54) is 55.1 Å². The van der Waals surface area contributed by atoms with Gasteiger partial charge in [0.1, 0.15) is 18.5 Å². The summed E-state index contributed by atoms with van der Waals surface area (Å²) >= 11 is 0. The van der Waals surface area contributed by atoms with Crippen molar-refractivity contribution in [2.45, 2.75) is 47.0 Å². The number of fused-ring (bicyclic) bond motifs is 3. The van der Waals surface area contributed by atoms with Gasteiger partial charge in [-0.2, -0.15) is 0 Å². The predicted octanol–water partition coefficient (Wildman–Crippen LogP) is 6.81. The summed E-state index contributed by atoms with van der Waals surface area (Å²) in [4.78, 5) is 0. The first-order valence-corrected chi connectivity index (χ1v) is 10.4. The zero-order chi connectivity index (χ0) is 20.7. The van der Waals surface area contributed by atoms with Crippen LogP contribution in [0.2, 0.25) is 0 Å². The third-order valence-electron chi connectivity index (χ3n) is 6.51. The normalized spacial score (nSPS) is 12.9. The minimum Gasteiger partial charge on any atom is -0.455 e. The molecule has 146 valence electrons. The molecular formula is C27H28NO+. The van der Waals surface area contributed by atoms with Crippen LogP contribution in [-0.4, -0.2) is 0 Å². The molecule has 2 heteroatoms. The topological polar surface area (TPSA) is 13.1 Å². The molecule has 2 nitrogen and oxygen atoms in total. The molecular weight excluding hydrogens is 354 g/mol. The lowest BCUT2D eigenvalue weighted by molar-refractivity contribution is -0.659. The second-order valence-corrected chi connectivity index (χ2v) is 9.52. The van der Waals surface area contributed by atoms with Crippen LogP contribution in [0, 0.1) is 20.8 Å². The van der Waals surface area contributed by atoms with Crippen molar-refractivity contribution in [1.29, 1.82) is 0 Å². The van der Waals surface area contributed by atoms with Crippen LogP contribution in [0.15, 0.2) is 42.6 Å². The molecule has 0 atom stereocenters. The molecule has 5 rings (SSSR count). The van der Waals surface area contributed by atoms with Gasteiger partial charge >= 0.3 is 0 Å². The molecule has 0 saturated heterocycles. The number of hydrogen-bond donors (Lipinski definition) is 0. The highest BCUT2D eigenvalue weighted by molar-refractivity contribution is 6.07. The van der Waals surface area contributed by atoms with Gasteiger partial charge < -0.3 is 4.74 Å². The molecule has 0 aliphatic carbocycles. The molecule has 0 unspecified atom stereocenters. The number of rotatable bonds is 0. The predicted molar refractivity (Wildman–Crippen MR) is 121 cm³/mol. The first-order chi connectivity index (χ1) is 13.7. The lowest BCUT2D eigenvalue weighted by atomic mass is 9.83. The van der Waals surface area contributed by atoms with Gasteiger partial charge in [-0.15, -0.1) is 0 Å². The SMILES string of the molecule is Cc1c2c(c(C)c3c(C)cccc13)Oc1cc(C(C)(C)C)cc3cc[n+](C)c-2c13. The maximum atomic E-state index is 6.70. The van der Waals surface area contributed by atoms with E-state index in [1.54, 1.807) is 0 Å². The van der Waals surface area contributed by atoms with Crippen LogP contribution in [0.4, 0.5) is 0 Å². The van der Waals surface area contributed by atoms with Gasteiger partial charge in [0, 0.05) is 11.6 Å². The van der Waals surface area contributed by atoms with Crippen molar-refractivity contribution in [3.8, 4) is 22.8 Å². The molecule has 2 heterocycles. The molecule has 0 radical (unpaired) electrons. The Kier molecular flexibility index (Phi) is 3.65. The summed E-state index contributed by atoms with van der Waals surface area (Å²) in [5.74, 6) is 1.98. The summed E-state index contributed by atoms with van der Waals surface area (Å²) in [5.41, 5.74) is 7.66. The highest BCUT2D eigenvalue weighted by atomic mass is 16.5. The summed E-state index contributed by atoms with van der Waals surface area (Å²) in [5, 5.41) is 5.09. The smallest absolute Gasteiger partial charge is 0.228 e. The zero-order valence-electron chi connectivity index (χ0n) is 18.4. The Morgan fingerprint density at radius 3 is 2.38 bits per heavy atom. The number of aryl methyl sites for hydroxylation is 4. The van der Waals surface area contributed by atoms with Crippen LogP contribution in [0.3, 0.4) is 0 Å².